The van der Waals surface area contributed by atoms with Gasteiger partial charge in [-0.1, -0.05) is 13.8 Å². The lowest BCUT2D eigenvalue weighted by Gasteiger charge is -2.29. The second-order valence-corrected chi connectivity index (χ2v) is 8.51. The van der Waals surface area contributed by atoms with Crippen LogP contribution in [0.25, 0.3) is 0 Å². The van der Waals surface area contributed by atoms with E-state index in [0.29, 0.717) is 10.5 Å². The van der Waals surface area contributed by atoms with Crippen molar-refractivity contribution in [2.24, 2.45) is 0 Å². The van der Waals surface area contributed by atoms with E-state index in [0.717, 1.165) is 10.5 Å². The van der Waals surface area contributed by atoms with E-state index in [1.165, 1.54) is 24.3 Å². The topological polar surface area (TPSA) is 0 Å². The Morgan fingerprint density at radius 2 is 1.36 bits per heavy atom. The van der Waals surface area contributed by atoms with Gasteiger partial charge in [0.15, 0.2) is 0 Å². The van der Waals surface area contributed by atoms with Gasteiger partial charge >= 0.3 is 0 Å². The summed E-state index contributed by atoms with van der Waals surface area (Å²) in [6, 6.07) is 0. The van der Waals surface area contributed by atoms with Crippen molar-refractivity contribution in [1.29, 1.82) is 0 Å². The smallest absolute Gasteiger partial charge is 0.0149 e. The van der Waals surface area contributed by atoms with Gasteiger partial charge in [-0.05, 0) is 23.3 Å². The minimum Gasteiger partial charge on any atom is -0.176 e. The molecule has 1 aliphatic heterocycles. The highest BCUT2D eigenvalue weighted by molar-refractivity contribution is 8.07. The normalized spacial score (nSPS) is 32.6. The summed E-state index contributed by atoms with van der Waals surface area (Å²) in [5.74, 6) is 2.61. The van der Waals surface area contributed by atoms with Gasteiger partial charge in [0.25, 0.3) is 0 Å². The minimum absolute atomic E-state index is 0.549. The molecule has 4 atom stereocenters. The average Bonchev–Trinajstić information content (AvgIpc) is 2.06. The van der Waals surface area contributed by atoms with Crippen molar-refractivity contribution in [3.05, 3.63) is 0 Å². The molecule has 0 spiro atoms. The van der Waals surface area contributed by atoms with E-state index >= 15 is 0 Å². The Labute approximate surface area is 108 Å². The highest BCUT2D eigenvalue weighted by atomic mass is 32.2. The molecular weight excluding hydrogens is 248 g/mol. The molecule has 1 heterocycles. The van der Waals surface area contributed by atoms with Crippen LogP contribution in [0.4, 0.5) is 0 Å². The Hall–Kier alpha value is 1.40. The van der Waals surface area contributed by atoms with Crippen molar-refractivity contribution >= 4 is 48.8 Å². The van der Waals surface area contributed by atoms with Crippen molar-refractivity contribution in [1.82, 2.24) is 0 Å². The molecule has 0 bridgehead atoms. The molecule has 0 radical (unpaired) electrons. The van der Waals surface area contributed by atoms with E-state index < -0.39 is 0 Å². The zero-order valence-corrected chi connectivity index (χ0v) is 12.3. The average molecular weight is 269 g/mol. The molecule has 84 valence electrons. The summed E-state index contributed by atoms with van der Waals surface area (Å²) in [5, 5.41) is 2.76. The summed E-state index contributed by atoms with van der Waals surface area (Å²) in [7, 11) is 0. The molecule has 14 heavy (non-hydrogen) atoms. The number of thiol groups is 2. The molecule has 0 aromatic heterocycles. The number of rotatable bonds is 4. The molecule has 4 heteroatoms. The Balaban J connectivity index is 2.17. The molecule has 1 rings (SSSR count). The number of hydrogen-bond acceptors (Lipinski definition) is 4. The first-order chi connectivity index (χ1) is 6.58. The van der Waals surface area contributed by atoms with Gasteiger partial charge in [0.1, 0.15) is 0 Å². The van der Waals surface area contributed by atoms with E-state index in [4.69, 9.17) is 0 Å². The van der Waals surface area contributed by atoms with Crippen LogP contribution in [0.3, 0.4) is 0 Å². The molecule has 1 saturated heterocycles. The largest absolute Gasteiger partial charge is 0.176 e. The molecule has 0 aliphatic carbocycles. The summed E-state index contributed by atoms with van der Waals surface area (Å²) in [6.07, 6.45) is 2.51. The third kappa shape index (κ3) is 5.47. The van der Waals surface area contributed by atoms with Crippen molar-refractivity contribution < 1.29 is 0 Å². The van der Waals surface area contributed by atoms with E-state index in [9.17, 15) is 0 Å². The molecule has 4 unspecified atom stereocenters. The molecule has 0 saturated carbocycles. The predicted molar refractivity (Wildman–Crippen MR) is 78.6 cm³/mol. The molecule has 1 fully saturated rings. The summed E-state index contributed by atoms with van der Waals surface area (Å²) >= 11 is 13.2. The summed E-state index contributed by atoms with van der Waals surface area (Å²) in [6.45, 7) is 4.38. The first-order valence-corrected chi connectivity index (χ1v) is 8.30. The first kappa shape index (κ1) is 13.5. The van der Waals surface area contributed by atoms with Gasteiger partial charge in [0.2, 0.25) is 0 Å². The van der Waals surface area contributed by atoms with Gasteiger partial charge in [0.05, 0.1) is 0 Å². The summed E-state index contributed by atoms with van der Waals surface area (Å²) in [5.41, 5.74) is 0. The molecule has 1 aliphatic rings. The zero-order valence-electron chi connectivity index (χ0n) is 8.85. The highest BCUT2D eigenvalue weighted by Gasteiger charge is 2.23. The highest BCUT2D eigenvalue weighted by Crippen LogP contribution is 2.35. The maximum absolute atomic E-state index is 4.45. The van der Waals surface area contributed by atoms with Gasteiger partial charge in [-0.25, -0.2) is 0 Å². The van der Waals surface area contributed by atoms with E-state index in [2.05, 4.69) is 62.6 Å². The third-order valence-electron chi connectivity index (χ3n) is 2.24. The van der Waals surface area contributed by atoms with Crippen LogP contribution < -0.4 is 0 Å². The fourth-order valence-electron chi connectivity index (χ4n) is 1.62. The molecule has 0 aromatic carbocycles. The van der Waals surface area contributed by atoms with Crippen molar-refractivity contribution in [2.45, 2.75) is 47.7 Å². The fourth-order valence-corrected chi connectivity index (χ4v) is 5.75. The van der Waals surface area contributed by atoms with Crippen LogP contribution in [0.1, 0.15) is 26.7 Å². The van der Waals surface area contributed by atoms with Gasteiger partial charge < -0.3 is 0 Å². The lowest BCUT2D eigenvalue weighted by molar-refractivity contribution is 0.776. The van der Waals surface area contributed by atoms with Gasteiger partial charge in [-0.3, -0.25) is 0 Å². The van der Waals surface area contributed by atoms with Crippen LogP contribution in [0, 0.1) is 0 Å². The Kier molecular flexibility index (Phi) is 6.61. The molecule has 0 N–H and O–H groups in total. The van der Waals surface area contributed by atoms with Crippen molar-refractivity contribution in [3.8, 4) is 0 Å². The van der Waals surface area contributed by atoms with Gasteiger partial charge in [-0.15, -0.1) is 0 Å². The summed E-state index contributed by atoms with van der Waals surface area (Å²) < 4.78 is 0. The van der Waals surface area contributed by atoms with E-state index in [1.807, 2.05) is 0 Å². The predicted octanol–water partition coefficient (Wildman–Crippen LogP) is 3.62. The molecule has 0 amide bonds. The second-order valence-electron chi connectivity index (χ2n) is 4.08. The standard InChI is InChI=1S/C10H20S4/c1-7(11)3-9-5-14-10(6-13-9)4-8(2)12/h7-12H,3-6H2,1-2H3. The van der Waals surface area contributed by atoms with Crippen molar-refractivity contribution in [3.63, 3.8) is 0 Å². The third-order valence-corrected chi connectivity index (χ3v) is 5.94. The summed E-state index contributed by atoms with van der Waals surface area (Å²) in [4.78, 5) is 0. The quantitative estimate of drug-likeness (QED) is 0.748. The molecular formula is C10H20S4. The Morgan fingerprint density at radius 3 is 1.57 bits per heavy atom. The Morgan fingerprint density at radius 1 is 1.00 bits per heavy atom. The van der Waals surface area contributed by atoms with Crippen LogP contribution in [0.15, 0.2) is 0 Å². The van der Waals surface area contributed by atoms with Crippen LogP contribution >= 0.6 is 48.8 Å². The van der Waals surface area contributed by atoms with Crippen LogP contribution in [0.2, 0.25) is 0 Å². The fraction of sp³-hybridized carbons (Fsp3) is 1.00. The Bertz CT molecular complexity index is 132. The molecule has 0 aromatic rings. The number of thioether (sulfide) groups is 2. The second kappa shape index (κ2) is 6.87. The van der Waals surface area contributed by atoms with Crippen LogP contribution in [0.5, 0.6) is 0 Å². The SMILES string of the molecule is CC(S)CC1CSC(CC(C)S)CS1. The first-order valence-electron chi connectivity index (χ1n) is 5.17. The maximum atomic E-state index is 4.45. The lowest BCUT2D eigenvalue weighted by Crippen LogP contribution is -2.24. The van der Waals surface area contributed by atoms with Crippen LogP contribution in [-0.2, 0) is 0 Å². The zero-order chi connectivity index (χ0) is 10.6. The van der Waals surface area contributed by atoms with Gasteiger partial charge in [-0.2, -0.15) is 48.8 Å². The minimum atomic E-state index is 0.549. The van der Waals surface area contributed by atoms with E-state index in [-0.39, 0.29) is 0 Å². The maximum Gasteiger partial charge on any atom is 0.0149 e. The monoisotopic (exact) mass is 268 g/mol. The number of hydrogen-bond donors (Lipinski definition) is 2. The van der Waals surface area contributed by atoms with Gasteiger partial charge in [0, 0.05) is 22.0 Å². The van der Waals surface area contributed by atoms with Crippen molar-refractivity contribution in [2.75, 3.05) is 11.5 Å². The lowest BCUT2D eigenvalue weighted by atomic mass is 10.2. The van der Waals surface area contributed by atoms with Crippen LogP contribution in [-0.4, -0.2) is 32.5 Å². The van der Waals surface area contributed by atoms with E-state index in [1.54, 1.807) is 0 Å². The molecule has 0 nitrogen and oxygen atoms in total.